The fourth-order valence-electron chi connectivity index (χ4n) is 5.95. The van der Waals surface area contributed by atoms with Gasteiger partial charge in [0, 0.05) is 24.2 Å². The number of methoxy groups -OCH3 is 1. The fourth-order valence-corrected chi connectivity index (χ4v) is 7.31. The van der Waals surface area contributed by atoms with Gasteiger partial charge in [0.15, 0.2) is 4.80 Å². The predicted molar refractivity (Wildman–Crippen MR) is 189 cm³/mol. The maximum absolute atomic E-state index is 14.5. The molecule has 10 heteroatoms. The van der Waals surface area contributed by atoms with Gasteiger partial charge >= 0.3 is 0 Å². The average Bonchev–Trinajstić information content (AvgIpc) is 3.38. The van der Waals surface area contributed by atoms with Gasteiger partial charge in [0.1, 0.15) is 24.1 Å². The number of halogens is 2. The van der Waals surface area contributed by atoms with Crippen molar-refractivity contribution in [1.82, 2.24) is 9.47 Å². The number of thiazole rings is 1. The summed E-state index contributed by atoms with van der Waals surface area (Å²) in [7, 11) is 1.61. The molecule has 4 aromatic carbocycles. The second-order valence-electron chi connectivity index (χ2n) is 11.0. The lowest BCUT2D eigenvalue weighted by Crippen LogP contribution is -2.43. The number of rotatable bonds is 9. The summed E-state index contributed by atoms with van der Waals surface area (Å²) in [5, 5.41) is 2.80. The molecule has 0 saturated heterocycles. The molecule has 6 rings (SSSR count). The van der Waals surface area contributed by atoms with Gasteiger partial charge in [-0.1, -0.05) is 89.1 Å². The molecule has 0 radical (unpaired) electrons. The number of fused-ring (bicyclic) bond motifs is 2. The van der Waals surface area contributed by atoms with Crippen molar-refractivity contribution in [2.45, 2.75) is 33.4 Å². The van der Waals surface area contributed by atoms with E-state index in [4.69, 9.17) is 37.7 Å². The largest absolute Gasteiger partial charge is 0.496 e. The van der Waals surface area contributed by atoms with Gasteiger partial charge in [0.2, 0.25) is 0 Å². The van der Waals surface area contributed by atoms with Gasteiger partial charge in [-0.15, -0.1) is 0 Å². The number of carbonyl (C=O) groups excluding carboxylic acids is 1. The maximum Gasteiger partial charge on any atom is 0.271 e. The van der Waals surface area contributed by atoms with Crippen LogP contribution in [0.4, 0.5) is 0 Å². The zero-order valence-electron chi connectivity index (χ0n) is 26.4. The van der Waals surface area contributed by atoms with E-state index in [1.165, 1.54) is 11.3 Å². The second-order valence-corrected chi connectivity index (χ2v) is 12.9. The molecule has 0 aliphatic carbocycles. The van der Waals surface area contributed by atoms with E-state index >= 15 is 0 Å². The quantitative estimate of drug-likeness (QED) is 0.165. The van der Waals surface area contributed by atoms with Crippen molar-refractivity contribution in [3.05, 3.63) is 137 Å². The highest BCUT2D eigenvalue weighted by Gasteiger charge is 2.36. The van der Waals surface area contributed by atoms with Crippen molar-refractivity contribution in [3.63, 3.8) is 0 Å². The van der Waals surface area contributed by atoms with E-state index in [9.17, 15) is 9.59 Å². The molecule has 2 heterocycles. The molecule has 0 N–H and O–H groups in total. The Hall–Kier alpha value is -4.37. The highest BCUT2D eigenvalue weighted by atomic mass is 35.5. The third-order valence-corrected chi connectivity index (χ3v) is 10.0. The summed E-state index contributed by atoms with van der Waals surface area (Å²) in [4.78, 5) is 35.8. The van der Waals surface area contributed by atoms with Crippen LogP contribution in [0.2, 0.25) is 10.0 Å². The number of benzene rings is 4. The number of amides is 1. The lowest BCUT2D eigenvalue weighted by atomic mass is 9.90. The first-order valence-electron chi connectivity index (χ1n) is 15.3. The number of aromatic nitrogens is 1. The van der Waals surface area contributed by atoms with Gasteiger partial charge in [0.05, 0.1) is 33.0 Å². The lowest BCUT2D eigenvalue weighted by Gasteiger charge is -2.30. The van der Waals surface area contributed by atoms with Crippen molar-refractivity contribution in [2.24, 2.45) is 4.99 Å². The van der Waals surface area contributed by atoms with Crippen molar-refractivity contribution < 1.29 is 14.3 Å². The fraction of sp³-hybridized carbons (Fsp3) is 0.216. The Kier molecular flexibility index (Phi) is 9.55. The van der Waals surface area contributed by atoms with Gasteiger partial charge in [-0.2, -0.15) is 0 Å². The molecule has 5 aromatic rings. The molecular formula is C37H33Cl2N3O4S. The molecule has 0 unspecified atom stereocenters. The highest BCUT2D eigenvalue weighted by Crippen LogP contribution is 2.40. The molecule has 1 atom stereocenters. The minimum atomic E-state index is -0.760. The molecule has 1 aromatic heterocycles. The monoisotopic (exact) mass is 685 g/mol. The van der Waals surface area contributed by atoms with Crippen LogP contribution in [-0.4, -0.2) is 35.6 Å². The number of ether oxygens (including phenoxy) is 2. The number of likely N-dealkylation sites (N-methyl/N-ethyl adjacent to an activating group) is 1. The van der Waals surface area contributed by atoms with Crippen LogP contribution in [0.15, 0.2) is 99.9 Å². The Balaban J connectivity index is 1.53. The van der Waals surface area contributed by atoms with E-state index in [1.807, 2.05) is 93.6 Å². The van der Waals surface area contributed by atoms with E-state index in [0.717, 1.165) is 27.5 Å². The SMILES string of the molecule is CCN(CC)C(=O)C1=C(C)N=c2s/c(=C/c3ccccc3OCc3ccc(Cl)c(Cl)c3)c(=O)n2[C@H]1c1c(OC)ccc2ccccc12. The lowest BCUT2D eigenvalue weighted by molar-refractivity contribution is -0.127. The first-order chi connectivity index (χ1) is 22.7. The van der Waals surface area contributed by atoms with Gasteiger partial charge in [0.25, 0.3) is 11.5 Å². The summed E-state index contributed by atoms with van der Waals surface area (Å²) in [5.74, 6) is 1.03. The highest BCUT2D eigenvalue weighted by molar-refractivity contribution is 7.07. The zero-order valence-corrected chi connectivity index (χ0v) is 28.7. The Labute approximate surface area is 286 Å². The Morgan fingerprint density at radius 2 is 1.72 bits per heavy atom. The Bertz CT molecular complexity index is 2220. The van der Waals surface area contributed by atoms with Gasteiger partial charge < -0.3 is 14.4 Å². The summed E-state index contributed by atoms with van der Waals surface area (Å²) in [6.07, 6.45) is 1.82. The number of nitrogens with zero attached hydrogens (tertiary/aromatic N) is 3. The molecule has 1 aliphatic rings. The normalized spacial score (nSPS) is 14.6. The number of carbonyl (C=O) groups is 1. The van der Waals surface area contributed by atoms with E-state index in [2.05, 4.69) is 0 Å². The van der Waals surface area contributed by atoms with Crippen molar-refractivity contribution in [2.75, 3.05) is 20.2 Å². The summed E-state index contributed by atoms with van der Waals surface area (Å²) in [6, 6.07) is 23.9. The topological polar surface area (TPSA) is 73.1 Å². The zero-order chi connectivity index (χ0) is 33.2. The molecule has 1 aliphatic heterocycles. The van der Waals surface area contributed by atoms with Crippen molar-refractivity contribution in [1.29, 1.82) is 0 Å². The minimum Gasteiger partial charge on any atom is -0.496 e. The van der Waals surface area contributed by atoms with Crippen molar-refractivity contribution in [3.8, 4) is 11.5 Å². The number of hydrogen-bond acceptors (Lipinski definition) is 6. The Morgan fingerprint density at radius 1 is 0.979 bits per heavy atom. The third kappa shape index (κ3) is 6.21. The van der Waals surface area contributed by atoms with E-state index in [1.54, 1.807) is 28.7 Å². The molecular weight excluding hydrogens is 653 g/mol. The maximum atomic E-state index is 14.5. The van der Waals surface area contributed by atoms with Gasteiger partial charge in [-0.05, 0) is 67.4 Å². The van der Waals surface area contributed by atoms with Gasteiger partial charge in [-0.3, -0.25) is 14.2 Å². The summed E-state index contributed by atoms with van der Waals surface area (Å²) >= 11 is 13.6. The molecule has 7 nitrogen and oxygen atoms in total. The van der Waals surface area contributed by atoms with Crippen LogP contribution in [0.5, 0.6) is 11.5 Å². The molecule has 0 saturated carbocycles. The van der Waals surface area contributed by atoms with E-state index in [0.29, 0.717) is 55.2 Å². The molecule has 0 spiro atoms. The molecule has 240 valence electrons. The molecule has 0 bridgehead atoms. The molecule has 0 fully saturated rings. The first-order valence-corrected chi connectivity index (χ1v) is 16.9. The van der Waals surface area contributed by atoms with Crippen LogP contribution >= 0.6 is 34.5 Å². The van der Waals surface area contributed by atoms with E-state index < -0.39 is 6.04 Å². The van der Waals surface area contributed by atoms with Crippen molar-refractivity contribution >= 4 is 57.3 Å². The van der Waals surface area contributed by atoms with Gasteiger partial charge in [-0.25, -0.2) is 4.99 Å². The van der Waals surface area contributed by atoms with Crippen LogP contribution in [0, 0.1) is 0 Å². The predicted octanol–water partition coefficient (Wildman–Crippen LogP) is 7.15. The second kappa shape index (κ2) is 13.8. The number of allylic oxidation sites excluding steroid dienone is 1. The third-order valence-electron chi connectivity index (χ3n) is 8.31. The van der Waals surface area contributed by atoms with Crippen LogP contribution in [0.3, 0.4) is 0 Å². The number of para-hydroxylation sites is 1. The summed E-state index contributed by atoms with van der Waals surface area (Å²) in [5.41, 5.74) is 3.09. The minimum absolute atomic E-state index is 0.161. The number of hydrogen-bond donors (Lipinski definition) is 0. The smallest absolute Gasteiger partial charge is 0.271 e. The average molecular weight is 687 g/mol. The van der Waals surface area contributed by atoms with E-state index in [-0.39, 0.29) is 18.1 Å². The van der Waals surface area contributed by atoms with Crippen LogP contribution in [0.25, 0.3) is 16.8 Å². The molecule has 47 heavy (non-hydrogen) atoms. The summed E-state index contributed by atoms with van der Waals surface area (Å²) < 4.78 is 14.2. The standard InChI is InChI=1S/C37H33Cl2N3O4S/c1-5-41(6-2)36(44)32-22(3)40-37-42(34(32)33-26-13-9-7-11-24(26)16-18-30(33)45-4)35(43)31(47-37)20-25-12-8-10-14-29(25)46-21-23-15-17-27(38)28(39)19-23/h7-20,34H,5-6,21H2,1-4H3/b31-20+/t34-/m1/s1. The first kappa shape index (κ1) is 32.6. The van der Waals surface area contributed by atoms with Crippen LogP contribution < -0.4 is 24.4 Å². The van der Waals surface area contributed by atoms with Crippen LogP contribution in [-0.2, 0) is 11.4 Å². The van der Waals surface area contributed by atoms with Crippen LogP contribution in [0.1, 0.15) is 43.5 Å². The summed E-state index contributed by atoms with van der Waals surface area (Å²) in [6.45, 7) is 7.04. The Morgan fingerprint density at radius 3 is 2.47 bits per heavy atom. The molecule has 1 amide bonds.